The molecule has 1 saturated heterocycles. The van der Waals surface area contributed by atoms with E-state index in [0.29, 0.717) is 19.6 Å². The fraction of sp³-hybridized carbons (Fsp3) is 0.600. The zero-order valence-electron chi connectivity index (χ0n) is 16.2. The van der Waals surface area contributed by atoms with Crippen LogP contribution in [0, 0.1) is 0 Å². The zero-order chi connectivity index (χ0) is 20.5. The first-order valence-corrected chi connectivity index (χ1v) is 9.51. The fourth-order valence-corrected chi connectivity index (χ4v) is 3.11. The van der Waals surface area contributed by atoms with Crippen LogP contribution in [0.3, 0.4) is 0 Å². The number of carbonyl (C=O) groups is 2. The second kappa shape index (κ2) is 11.1. The molecule has 0 radical (unpaired) electrons. The van der Waals surface area contributed by atoms with E-state index in [1.807, 2.05) is 31.2 Å². The van der Waals surface area contributed by atoms with Crippen LogP contribution in [0.1, 0.15) is 37.3 Å². The summed E-state index contributed by atoms with van der Waals surface area (Å²) < 4.78 is 23.0. The molecule has 3 unspecified atom stereocenters. The van der Waals surface area contributed by atoms with Crippen molar-refractivity contribution >= 4 is 11.9 Å². The molecular weight excluding hydrogens is 367 g/mol. The standard InChI is InChI=1S/C20H29FN2O5/c1-14(22)2-7-19(24)23-11-17(10-18(23)20(25)26)28-13-16-5-3-15(4-6-16)12-27-9-8-21/h3-6,14,17-18H,2,7-13,22H2,1H3,(H,25,26). The first kappa shape index (κ1) is 22.3. The SMILES string of the molecule is CC(N)CCC(=O)N1CC(OCc2ccc(COCCF)cc2)CC1C(=O)O. The predicted octanol–water partition coefficient (Wildman–Crippen LogP) is 1.87. The average Bonchev–Trinajstić information content (AvgIpc) is 3.10. The molecule has 1 aromatic rings. The van der Waals surface area contributed by atoms with Crippen LogP contribution >= 0.6 is 0 Å². The summed E-state index contributed by atoms with van der Waals surface area (Å²) >= 11 is 0. The van der Waals surface area contributed by atoms with E-state index in [2.05, 4.69) is 0 Å². The van der Waals surface area contributed by atoms with Gasteiger partial charge in [-0.15, -0.1) is 0 Å². The zero-order valence-corrected chi connectivity index (χ0v) is 16.2. The molecule has 1 aliphatic heterocycles. The summed E-state index contributed by atoms with van der Waals surface area (Å²) in [4.78, 5) is 25.2. The molecule has 0 bridgehead atoms. The van der Waals surface area contributed by atoms with E-state index < -0.39 is 18.7 Å². The van der Waals surface area contributed by atoms with Crippen LogP contribution in [-0.2, 0) is 32.3 Å². The molecule has 1 aromatic carbocycles. The van der Waals surface area contributed by atoms with Crippen LogP contribution in [0.15, 0.2) is 24.3 Å². The molecule has 156 valence electrons. The van der Waals surface area contributed by atoms with Gasteiger partial charge < -0.3 is 25.2 Å². The van der Waals surface area contributed by atoms with Gasteiger partial charge in [0.25, 0.3) is 0 Å². The van der Waals surface area contributed by atoms with Crippen LogP contribution in [0.2, 0.25) is 0 Å². The molecule has 8 heteroatoms. The highest BCUT2D eigenvalue weighted by molar-refractivity contribution is 5.84. The minimum atomic E-state index is -1.02. The molecular formula is C20H29FN2O5. The number of nitrogens with zero attached hydrogens (tertiary/aromatic N) is 1. The lowest BCUT2D eigenvalue weighted by molar-refractivity contribution is -0.148. The van der Waals surface area contributed by atoms with Gasteiger partial charge in [-0.3, -0.25) is 4.79 Å². The second-order valence-electron chi connectivity index (χ2n) is 7.14. The van der Waals surface area contributed by atoms with E-state index in [4.69, 9.17) is 15.2 Å². The number of aliphatic carboxylic acids is 1. The van der Waals surface area contributed by atoms with E-state index in [0.717, 1.165) is 11.1 Å². The summed E-state index contributed by atoms with van der Waals surface area (Å²) in [6, 6.07) is 6.59. The quantitative estimate of drug-likeness (QED) is 0.554. The molecule has 1 fully saturated rings. The van der Waals surface area contributed by atoms with Crippen LogP contribution in [-0.4, -0.2) is 59.9 Å². The van der Waals surface area contributed by atoms with Crippen molar-refractivity contribution in [3.8, 4) is 0 Å². The number of nitrogens with two attached hydrogens (primary N) is 1. The van der Waals surface area contributed by atoms with Crippen molar-refractivity contribution < 1.29 is 28.6 Å². The highest BCUT2D eigenvalue weighted by atomic mass is 19.1. The number of hydrogen-bond acceptors (Lipinski definition) is 5. The summed E-state index contributed by atoms with van der Waals surface area (Å²) in [6.07, 6.45) is 0.705. The first-order chi connectivity index (χ1) is 13.4. The number of hydrogen-bond donors (Lipinski definition) is 2. The van der Waals surface area contributed by atoms with Gasteiger partial charge in [0.1, 0.15) is 12.7 Å². The van der Waals surface area contributed by atoms with Crippen LogP contribution in [0.4, 0.5) is 4.39 Å². The maximum absolute atomic E-state index is 12.3. The molecule has 28 heavy (non-hydrogen) atoms. The van der Waals surface area contributed by atoms with Crippen LogP contribution < -0.4 is 5.73 Å². The Labute approximate surface area is 164 Å². The van der Waals surface area contributed by atoms with Gasteiger partial charge in [-0.1, -0.05) is 24.3 Å². The highest BCUT2D eigenvalue weighted by Gasteiger charge is 2.39. The molecule has 0 aromatic heterocycles. The van der Waals surface area contributed by atoms with Crippen LogP contribution in [0.5, 0.6) is 0 Å². The Hall–Kier alpha value is -2.03. The highest BCUT2D eigenvalue weighted by Crippen LogP contribution is 2.23. The molecule has 0 aliphatic carbocycles. The topological polar surface area (TPSA) is 102 Å². The number of likely N-dealkylation sites (tertiary alicyclic amines) is 1. The molecule has 2 rings (SSSR count). The predicted molar refractivity (Wildman–Crippen MR) is 101 cm³/mol. The fourth-order valence-electron chi connectivity index (χ4n) is 3.11. The van der Waals surface area contributed by atoms with Crippen LogP contribution in [0.25, 0.3) is 0 Å². The van der Waals surface area contributed by atoms with Crippen molar-refractivity contribution in [3.63, 3.8) is 0 Å². The number of alkyl halides is 1. The molecule has 3 N–H and O–H groups in total. The number of carboxylic acids is 1. The largest absolute Gasteiger partial charge is 0.480 e. The lowest BCUT2D eigenvalue weighted by Gasteiger charge is -2.21. The van der Waals surface area contributed by atoms with Crippen molar-refractivity contribution in [2.75, 3.05) is 19.8 Å². The molecule has 0 spiro atoms. The number of rotatable bonds is 11. The van der Waals surface area contributed by atoms with Crippen molar-refractivity contribution in [1.29, 1.82) is 0 Å². The molecule has 1 amide bonds. The van der Waals surface area contributed by atoms with E-state index in [9.17, 15) is 19.1 Å². The molecule has 3 atom stereocenters. The summed E-state index contributed by atoms with van der Waals surface area (Å²) in [6.45, 7) is 2.34. The third kappa shape index (κ3) is 6.85. The third-order valence-corrected chi connectivity index (χ3v) is 4.68. The van der Waals surface area contributed by atoms with Crippen molar-refractivity contribution in [3.05, 3.63) is 35.4 Å². The second-order valence-corrected chi connectivity index (χ2v) is 7.14. The Morgan fingerprint density at radius 2 is 1.93 bits per heavy atom. The van der Waals surface area contributed by atoms with Gasteiger partial charge in [-0.2, -0.15) is 0 Å². The van der Waals surface area contributed by atoms with Gasteiger partial charge in [-0.05, 0) is 24.5 Å². The molecule has 1 heterocycles. The Bertz CT molecular complexity index is 638. The number of amides is 1. The van der Waals surface area contributed by atoms with E-state index in [1.54, 1.807) is 0 Å². The smallest absolute Gasteiger partial charge is 0.326 e. The maximum atomic E-state index is 12.3. The van der Waals surface area contributed by atoms with Gasteiger partial charge in [0.05, 0.1) is 25.9 Å². The van der Waals surface area contributed by atoms with Gasteiger partial charge in [0.2, 0.25) is 5.91 Å². The Balaban J connectivity index is 1.85. The van der Waals surface area contributed by atoms with Gasteiger partial charge in [0.15, 0.2) is 0 Å². The van der Waals surface area contributed by atoms with E-state index in [1.165, 1.54) is 4.90 Å². The lowest BCUT2D eigenvalue weighted by Crippen LogP contribution is -2.41. The Kier molecular flexibility index (Phi) is 8.82. The number of carbonyl (C=O) groups excluding carboxylic acids is 1. The average molecular weight is 396 g/mol. The number of carboxylic acid groups (broad SMARTS) is 1. The normalized spacial score (nSPS) is 20.3. The third-order valence-electron chi connectivity index (χ3n) is 4.68. The minimum Gasteiger partial charge on any atom is -0.480 e. The molecule has 7 nitrogen and oxygen atoms in total. The number of ether oxygens (including phenoxy) is 2. The van der Waals surface area contributed by atoms with Gasteiger partial charge >= 0.3 is 5.97 Å². The number of halogens is 1. The summed E-state index contributed by atoms with van der Waals surface area (Å²) in [5, 5.41) is 9.42. The van der Waals surface area contributed by atoms with Crippen molar-refractivity contribution in [2.24, 2.45) is 5.73 Å². The summed E-state index contributed by atoms with van der Waals surface area (Å²) in [5.41, 5.74) is 7.55. The minimum absolute atomic E-state index is 0.0801. The van der Waals surface area contributed by atoms with Crippen molar-refractivity contribution in [1.82, 2.24) is 4.90 Å². The van der Waals surface area contributed by atoms with Gasteiger partial charge in [0, 0.05) is 25.4 Å². The van der Waals surface area contributed by atoms with Gasteiger partial charge in [-0.25, -0.2) is 9.18 Å². The molecule has 0 saturated carbocycles. The first-order valence-electron chi connectivity index (χ1n) is 9.51. The molecule has 1 aliphatic rings. The Morgan fingerprint density at radius 3 is 2.50 bits per heavy atom. The maximum Gasteiger partial charge on any atom is 0.326 e. The number of benzene rings is 1. The van der Waals surface area contributed by atoms with E-state index >= 15 is 0 Å². The monoisotopic (exact) mass is 396 g/mol. The lowest BCUT2D eigenvalue weighted by atomic mass is 10.1. The summed E-state index contributed by atoms with van der Waals surface area (Å²) in [5.74, 6) is -1.22. The summed E-state index contributed by atoms with van der Waals surface area (Å²) in [7, 11) is 0. The Morgan fingerprint density at radius 1 is 1.29 bits per heavy atom. The van der Waals surface area contributed by atoms with Crippen molar-refractivity contribution in [2.45, 2.75) is 57.6 Å². The van der Waals surface area contributed by atoms with E-state index in [-0.39, 0.29) is 44.0 Å².